The average Bonchev–Trinajstić information content (AvgIpc) is 2.78. The highest BCUT2D eigenvalue weighted by Crippen LogP contribution is 2.13. The number of benzene rings is 1. The lowest BCUT2D eigenvalue weighted by Gasteiger charge is -2.04. The number of carbonyl (C=O) groups excluding carboxylic acids is 1. The molecule has 3 N–H and O–H groups in total. The predicted molar refractivity (Wildman–Crippen MR) is 67.1 cm³/mol. The Morgan fingerprint density at radius 2 is 2.06 bits per heavy atom. The van der Waals surface area contributed by atoms with Crippen molar-refractivity contribution < 1.29 is 9.42 Å². The number of nitrogen functional groups attached to an aromatic ring is 1. The summed E-state index contributed by atoms with van der Waals surface area (Å²) in [5, 5.41) is 9.46. The zero-order valence-electron chi connectivity index (χ0n) is 10.0. The quantitative estimate of drug-likeness (QED) is 0.858. The first kappa shape index (κ1) is 12.1. The highest BCUT2D eigenvalue weighted by atomic mass is 16.6. The SMILES string of the molecule is CCCc1ccc(NC(=O)c2nonc2N)cc1. The van der Waals surface area contributed by atoms with Crippen LogP contribution in [0.3, 0.4) is 0 Å². The van der Waals surface area contributed by atoms with Gasteiger partial charge in [-0.1, -0.05) is 25.5 Å². The minimum Gasteiger partial charge on any atom is -0.379 e. The first-order chi connectivity index (χ1) is 8.70. The van der Waals surface area contributed by atoms with E-state index in [0.29, 0.717) is 5.69 Å². The fourth-order valence-corrected chi connectivity index (χ4v) is 1.59. The molecule has 94 valence electrons. The number of amides is 1. The maximum Gasteiger partial charge on any atom is 0.281 e. The van der Waals surface area contributed by atoms with E-state index in [1.165, 1.54) is 5.56 Å². The fourth-order valence-electron chi connectivity index (χ4n) is 1.59. The Bertz CT molecular complexity index is 533. The second-order valence-electron chi connectivity index (χ2n) is 3.90. The van der Waals surface area contributed by atoms with E-state index >= 15 is 0 Å². The Morgan fingerprint density at radius 1 is 1.33 bits per heavy atom. The maximum atomic E-state index is 11.8. The highest BCUT2D eigenvalue weighted by molar-refractivity contribution is 6.05. The lowest BCUT2D eigenvalue weighted by molar-refractivity contribution is 0.101. The van der Waals surface area contributed by atoms with Crippen molar-refractivity contribution in [3.63, 3.8) is 0 Å². The number of aryl methyl sites for hydroxylation is 1. The minimum atomic E-state index is -0.433. The number of carbonyl (C=O) groups is 1. The zero-order chi connectivity index (χ0) is 13.0. The standard InChI is InChI=1S/C12H14N4O2/c1-2-3-8-4-6-9(7-5-8)14-12(17)10-11(13)16-18-15-10/h4-7H,2-3H2,1H3,(H2,13,16)(H,14,17). The zero-order valence-corrected chi connectivity index (χ0v) is 10.0. The molecule has 0 aliphatic rings. The summed E-state index contributed by atoms with van der Waals surface area (Å²) >= 11 is 0. The number of nitrogens with zero attached hydrogens (tertiary/aromatic N) is 2. The first-order valence-corrected chi connectivity index (χ1v) is 5.69. The van der Waals surface area contributed by atoms with Gasteiger partial charge in [-0.25, -0.2) is 4.63 Å². The van der Waals surface area contributed by atoms with Crippen LogP contribution >= 0.6 is 0 Å². The van der Waals surface area contributed by atoms with Crippen LogP contribution in [0.25, 0.3) is 0 Å². The van der Waals surface area contributed by atoms with Gasteiger partial charge in [-0.2, -0.15) is 0 Å². The third kappa shape index (κ3) is 2.65. The van der Waals surface area contributed by atoms with Crippen LogP contribution in [0.15, 0.2) is 28.9 Å². The van der Waals surface area contributed by atoms with Gasteiger partial charge in [0.1, 0.15) is 0 Å². The van der Waals surface area contributed by atoms with Crippen molar-refractivity contribution in [3.05, 3.63) is 35.5 Å². The second-order valence-corrected chi connectivity index (χ2v) is 3.90. The predicted octanol–water partition coefficient (Wildman–Crippen LogP) is 1.86. The van der Waals surface area contributed by atoms with E-state index in [1.54, 1.807) is 0 Å². The van der Waals surface area contributed by atoms with Crippen LogP contribution < -0.4 is 11.1 Å². The van der Waals surface area contributed by atoms with Gasteiger partial charge in [0.2, 0.25) is 11.5 Å². The van der Waals surface area contributed by atoms with Crippen molar-refractivity contribution in [1.29, 1.82) is 0 Å². The minimum absolute atomic E-state index is 0.00682. The largest absolute Gasteiger partial charge is 0.379 e. The molecular weight excluding hydrogens is 232 g/mol. The fraction of sp³-hybridized carbons (Fsp3) is 0.250. The molecule has 1 amide bonds. The topological polar surface area (TPSA) is 94.0 Å². The summed E-state index contributed by atoms with van der Waals surface area (Å²) in [4.78, 5) is 11.8. The number of nitrogens with two attached hydrogens (primary N) is 1. The van der Waals surface area contributed by atoms with E-state index < -0.39 is 5.91 Å². The van der Waals surface area contributed by atoms with Crippen LogP contribution in [0.2, 0.25) is 0 Å². The van der Waals surface area contributed by atoms with E-state index in [9.17, 15) is 4.79 Å². The van der Waals surface area contributed by atoms with Crippen molar-refractivity contribution in [2.75, 3.05) is 11.1 Å². The highest BCUT2D eigenvalue weighted by Gasteiger charge is 2.15. The van der Waals surface area contributed by atoms with E-state index in [2.05, 4.69) is 27.2 Å². The van der Waals surface area contributed by atoms with Crippen molar-refractivity contribution in [1.82, 2.24) is 10.3 Å². The average molecular weight is 246 g/mol. The van der Waals surface area contributed by atoms with Gasteiger partial charge >= 0.3 is 0 Å². The molecule has 0 saturated carbocycles. The molecule has 2 aromatic rings. The van der Waals surface area contributed by atoms with Crippen LogP contribution in [0.1, 0.15) is 29.4 Å². The maximum absolute atomic E-state index is 11.8. The summed E-state index contributed by atoms with van der Waals surface area (Å²) in [5.74, 6) is -0.452. The molecule has 1 heterocycles. The molecule has 0 saturated heterocycles. The Kier molecular flexibility index (Phi) is 3.57. The van der Waals surface area contributed by atoms with E-state index in [-0.39, 0.29) is 11.5 Å². The van der Waals surface area contributed by atoms with Gasteiger partial charge in [0.05, 0.1) is 0 Å². The Hall–Kier alpha value is -2.37. The number of nitrogens with one attached hydrogen (secondary N) is 1. The number of rotatable bonds is 4. The van der Waals surface area contributed by atoms with Crippen molar-refractivity contribution >= 4 is 17.4 Å². The van der Waals surface area contributed by atoms with Gasteiger partial charge in [0.15, 0.2) is 0 Å². The third-order valence-electron chi connectivity index (χ3n) is 2.48. The van der Waals surface area contributed by atoms with Crippen LogP contribution in [0.5, 0.6) is 0 Å². The lowest BCUT2D eigenvalue weighted by Crippen LogP contribution is -2.14. The number of hydrogen-bond donors (Lipinski definition) is 2. The third-order valence-corrected chi connectivity index (χ3v) is 2.48. The van der Waals surface area contributed by atoms with Gasteiger partial charge in [-0.05, 0) is 34.4 Å². The van der Waals surface area contributed by atoms with Crippen LogP contribution in [0.4, 0.5) is 11.5 Å². The molecule has 1 aromatic carbocycles. The van der Waals surface area contributed by atoms with E-state index in [0.717, 1.165) is 12.8 Å². The van der Waals surface area contributed by atoms with Gasteiger partial charge in [0.25, 0.3) is 5.91 Å². The van der Waals surface area contributed by atoms with Gasteiger partial charge < -0.3 is 11.1 Å². The summed E-state index contributed by atoms with van der Waals surface area (Å²) in [7, 11) is 0. The molecule has 6 nitrogen and oxygen atoms in total. The number of anilines is 2. The summed E-state index contributed by atoms with van der Waals surface area (Å²) in [6.07, 6.45) is 2.11. The molecule has 0 aliphatic heterocycles. The summed E-state index contributed by atoms with van der Waals surface area (Å²) < 4.78 is 4.37. The normalized spacial score (nSPS) is 10.3. The molecule has 0 spiro atoms. The van der Waals surface area contributed by atoms with Crippen molar-refractivity contribution in [2.45, 2.75) is 19.8 Å². The molecular formula is C12H14N4O2. The molecule has 0 radical (unpaired) electrons. The molecule has 1 aromatic heterocycles. The molecule has 0 atom stereocenters. The van der Waals surface area contributed by atoms with Crippen LogP contribution in [0, 0.1) is 0 Å². The Morgan fingerprint density at radius 3 is 2.61 bits per heavy atom. The number of aromatic nitrogens is 2. The van der Waals surface area contributed by atoms with E-state index in [4.69, 9.17) is 5.73 Å². The van der Waals surface area contributed by atoms with Gasteiger partial charge in [-0.15, -0.1) is 0 Å². The second kappa shape index (κ2) is 5.31. The van der Waals surface area contributed by atoms with Gasteiger partial charge in [-0.3, -0.25) is 4.79 Å². The summed E-state index contributed by atoms with van der Waals surface area (Å²) in [6, 6.07) is 7.63. The summed E-state index contributed by atoms with van der Waals surface area (Å²) in [5.41, 5.74) is 7.34. The Balaban J connectivity index is 2.05. The van der Waals surface area contributed by atoms with Crippen LogP contribution in [-0.4, -0.2) is 16.2 Å². The van der Waals surface area contributed by atoms with E-state index in [1.807, 2.05) is 24.3 Å². The van der Waals surface area contributed by atoms with Crippen molar-refractivity contribution in [3.8, 4) is 0 Å². The molecule has 18 heavy (non-hydrogen) atoms. The van der Waals surface area contributed by atoms with Gasteiger partial charge in [0, 0.05) is 5.69 Å². The smallest absolute Gasteiger partial charge is 0.281 e. The molecule has 0 bridgehead atoms. The van der Waals surface area contributed by atoms with Crippen LogP contribution in [-0.2, 0) is 6.42 Å². The van der Waals surface area contributed by atoms with Crippen molar-refractivity contribution in [2.24, 2.45) is 0 Å². The molecule has 0 unspecified atom stereocenters. The summed E-state index contributed by atoms with van der Waals surface area (Å²) in [6.45, 7) is 2.12. The molecule has 0 fully saturated rings. The molecule has 0 aliphatic carbocycles. The molecule has 6 heteroatoms. The Labute approximate surface area is 104 Å². The first-order valence-electron chi connectivity index (χ1n) is 5.69. The molecule has 2 rings (SSSR count). The lowest BCUT2D eigenvalue weighted by atomic mass is 10.1. The monoisotopic (exact) mass is 246 g/mol. The number of hydrogen-bond acceptors (Lipinski definition) is 5.